The smallest absolute Gasteiger partial charge is 0.253 e. The number of amides is 1. The van der Waals surface area contributed by atoms with Crippen molar-refractivity contribution >= 4 is 29.2 Å². The van der Waals surface area contributed by atoms with Crippen LogP contribution in [0.3, 0.4) is 0 Å². The standard InChI is InChI=1S/C14H16FN3OS/c15-8-6-10(12-11(7-8)17-14(20)18-12)13(19)16-9-4-2-1-3-5-9/h6-7,9H,1-5H2,(H,16,19)(H2,17,18,20). The van der Waals surface area contributed by atoms with Gasteiger partial charge in [-0.3, -0.25) is 4.79 Å². The van der Waals surface area contributed by atoms with Gasteiger partial charge in [-0.2, -0.15) is 0 Å². The highest BCUT2D eigenvalue weighted by Crippen LogP contribution is 2.21. The van der Waals surface area contributed by atoms with Crippen LogP contribution in [0.2, 0.25) is 0 Å². The number of carbonyl (C=O) groups excluding carboxylic acids is 1. The van der Waals surface area contributed by atoms with E-state index >= 15 is 0 Å². The first-order valence-electron chi connectivity index (χ1n) is 6.86. The highest BCUT2D eigenvalue weighted by atomic mass is 32.1. The molecule has 3 rings (SSSR count). The zero-order valence-electron chi connectivity index (χ0n) is 11.0. The molecule has 0 saturated heterocycles. The Morgan fingerprint density at radius 3 is 2.75 bits per heavy atom. The highest BCUT2D eigenvalue weighted by Gasteiger charge is 2.19. The molecule has 3 N–H and O–H groups in total. The second kappa shape index (κ2) is 5.36. The van der Waals surface area contributed by atoms with Crippen LogP contribution in [-0.4, -0.2) is 21.9 Å². The normalized spacial score (nSPS) is 16.4. The van der Waals surface area contributed by atoms with Gasteiger partial charge in [-0.15, -0.1) is 0 Å². The fourth-order valence-electron chi connectivity index (χ4n) is 2.80. The van der Waals surface area contributed by atoms with Crippen LogP contribution in [-0.2, 0) is 0 Å². The van der Waals surface area contributed by atoms with Crippen molar-refractivity contribution in [2.45, 2.75) is 38.1 Å². The number of hydrogen-bond acceptors (Lipinski definition) is 2. The predicted molar refractivity (Wildman–Crippen MR) is 77.8 cm³/mol. The Labute approximate surface area is 120 Å². The van der Waals surface area contributed by atoms with Crippen LogP contribution in [0.5, 0.6) is 0 Å². The number of H-pyrrole nitrogens is 2. The third-order valence-corrected chi connectivity index (χ3v) is 3.98. The molecular weight excluding hydrogens is 277 g/mol. The number of fused-ring (bicyclic) bond motifs is 1. The molecule has 1 aromatic heterocycles. The Kier molecular flexibility index (Phi) is 3.56. The van der Waals surface area contributed by atoms with Gasteiger partial charge in [0.2, 0.25) is 0 Å². The zero-order valence-corrected chi connectivity index (χ0v) is 11.8. The lowest BCUT2D eigenvalue weighted by Gasteiger charge is -2.22. The largest absolute Gasteiger partial charge is 0.349 e. The van der Waals surface area contributed by atoms with Crippen LogP contribution in [0, 0.1) is 10.6 Å². The maximum Gasteiger partial charge on any atom is 0.253 e. The Hall–Kier alpha value is -1.69. The summed E-state index contributed by atoms with van der Waals surface area (Å²) in [7, 11) is 0. The summed E-state index contributed by atoms with van der Waals surface area (Å²) in [4.78, 5) is 18.1. The Balaban J connectivity index is 1.92. The lowest BCUT2D eigenvalue weighted by Crippen LogP contribution is -2.36. The van der Waals surface area contributed by atoms with Crippen molar-refractivity contribution in [3.05, 3.63) is 28.3 Å². The molecule has 4 nitrogen and oxygen atoms in total. The number of carbonyl (C=O) groups is 1. The Morgan fingerprint density at radius 1 is 1.25 bits per heavy atom. The summed E-state index contributed by atoms with van der Waals surface area (Å²) in [6, 6.07) is 2.77. The molecule has 1 heterocycles. The zero-order chi connectivity index (χ0) is 14.1. The van der Waals surface area contributed by atoms with Crippen molar-refractivity contribution in [2.75, 3.05) is 0 Å². The number of imidazole rings is 1. The summed E-state index contributed by atoms with van der Waals surface area (Å²) in [5, 5.41) is 2.99. The van der Waals surface area contributed by atoms with E-state index in [4.69, 9.17) is 12.2 Å². The van der Waals surface area contributed by atoms with Crippen molar-refractivity contribution < 1.29 is 9.18 Å². The maximum atomic E-state index is 13.6. The summed E-state index contributed by atoms with van der Waals surface area (Å²) in [6.45, 7) is 0. The minimum Gasteiger partial charge on any atom is -0.349 e. The number of nitrogens with one attached hydrogen (secondary N) is 3. The molecule has 1 aromatic carbocycles. The van der Waals surface area contributed by atoms with E-state index in [-0.39, 0.29) is 11.9 Å². The van der Waals surface area contributed by atoms with Gasteiger partial charge in [-0.1, -0.05) is 19.3 Å². The van der Waals surface area contributed by atoms with Gasteiger partial charge in [0.05, 0.1) is 16.6 Å². The first kappa shape index (κ1) is 13.3. The van der Waals surface area contributed by atoms with E-state index in [1.54, 1.807) is 0 Å². The highest BCUT2D eigenvalue weighted by molar-refractivity contribution is 7.71. The van der Waals surface area contributed by atoms with Crippen LogP contribution in [0.15, 0.2) is 12.1 Å². The minimum absolute atomic E-state index is 0.191. The quantitative estimate of drug-likeness (QED) is 0.743. The number of aromatic nitrogens is 2. The van der Waals surface area contributed by atoms with Gasteiger partial charge in [0, 0.05) is 6.04 Å². The van der Waals surface area contributed by atoms with E-state index in [2.05, 4.69) is 15.3 Å². The average molecular weight is 293 g/mol. The molecule has 1 saturated carbocycles. The second-order valence-electron chi connectivity index (χ2n) is 5.26. The first-order valence-corrected chi connectivity index (χ1v) is 7.27. The molecule has 0 spiro atoms. The third-order valence-electron chi connectivity index (χ3n) is 3.77. The molecule has 0 atom stereocenters. The summed E-state index contributed by atoms with van der Waals surface area (Å²) in [6.07, 6.45) is 5.48. The van der Waals surface area contributed by atoms with Gasteiger partial charge in [0.1, 0.15) is 5.82 Å². The average Bonchev–Trinajstić information content (AvgIpc) is 2.78. The molecule has 1 amide bonds. The lowest BCUT2D eigenvalue weighted by molar-refractivity contribution is 0.0929. The van der Waals surface area contributed by atoms with E-state index in [0.29, 0.717) is 21.4 Å². The monoisotopic (exact) mass is 293 g/mol. The summed E-state index contributed by atoms with van der Waals surface area (Å²) < 4.78 is 14.0. The van der Waals surface area contributed by atoms with Gasteiger partial charge in [0.25, 0.3) is 5.91 Å². The van der Waals surface area contributed by atoms with Gasteiger partial charge in [-0.25, -0.2) is 4.39 Å². The Morgan fingerprint density at radius 2 is 2.00 bits per heavy atom. The van der Waals surface area contributed by atoms with Crippen molar-refractivity contribution in [1.82, 2.24) is 15.3 Å². The maximum absolute atomic E-state index is 13.6. The number of benzene rings is 1. The van der Waals surface area contributed by atoms with E-state index < -0.39 is 5.82 Å². The molecule has 1 aliphatic carbocycles. The number of halogens is 1. The first-order chi connectivity index (χ1) is 9.63. The summed E-state index contributed by atoms with van der Waals surface area (Å²) in [5.74, 6) is -0.691. The van der Waals surface area contributed by atoms with Crippen molar-refractivity contribution in [3.63, 3.8) is 0 Å². The van der Waals surface area contributed by atoms with Gasteiger partial charge in [-0.05, 0) is 37.2 Å². The van der Waals surface area contributed by atoms with E-state index in [1.807, 2.05) is 0 Å². The summed E-state index contributed by atoms with van der Waals surface area (Å²) >= 11 is 5.00. The van der Waals surface area contributed by atoms with Crippen LogP contribution >= 0.6 is 12.2 Å². The molecule has 20 heavy (non-hydrogen) atoms. The van der Waals surface area contributed by atoms with Crippen LogP contribution in [0.4, 0.5) is 4.39 Å². The van der Waals surface area contributed by atoms with E-state index in [0.717, 1.165) is 25.7 Å². The van der Waals surface area contributed by atoms with E-state index in [1.165, 1.54) is 18.6 Å². The SMILES string of the molecule is O=C(NC1CCCCC1)c1cc(F)cc2[nH]c(=S)[nH]c12. The van der Waals surface area contributed by atoms with Gasteiger partial charge in [0.15, 0.2) is 4.77 Å². The van der Waals surface area contributed by atoms with Gasteiger partial charge < -0.3 is 15.3 Å². The number of aromatic amines is 2. The van der Waals surface area contributed by atoms with E-state index in [9.17, 15) is 9.18 Å². The molecule has 1 fully saturated rings. The fourth-order valence-corrected chi connectivity index (χ4v) is 3.01. The molecule has 0 bridgehead atoms. The molecule has 106 valence electrons. The molecule has 2 aromatic rings. The molecular formula is C14H16FN3OS. The molecule has 0 radical (unpaired) electrons. The lowest BCUT2D eigenvalue weighted by atomic mass is 9.95. The number of hydrogen-bond donors (Lipinski definition) is 3. The second-order valence-corrected chi connectivity index (χ2v) is 5.67. The van der Waals surface area contributed by atoms with Crippen molar-refractivity contribution in [2.24, 2.45) is 0 Å². The molecule has 0 aliphatic heterocycles. The molecule has 0 unspecified atom stereocenters. The van der Waals surface area contributed by atoms with Crippen LogP contribution in [0.1, 0.15) is 42.5 Å². The molecule has 1 aliphatic rings. The van der Waals surface area contributed by atoms with Gasteiger partial charge >= 0.3 is 0 Å². The fraction of sp³-hybridized carbons (Fsp3) is 0.429. The van der Waals surface area contributed by atoms with Crippen molar-refractivity contribution in [3.8, 4) is 0 Å². The van der Waals surface area contributed by atoms with Crippen LogP contribution in [0.25, 0.3) is 11.0 Å². The molecule has 6 heteroatoms. The van der Waals surface area contributed by atoms with Crippen molar-refractivity contribution in [1.29, 1.82) is 0 Å². The predicted octanol–water partition coefficient (Wildman–Crippen LogP) is 3.43. The summed E-state index contributed by atoms with van der Waals surface area (Å²) in [5.41, 5.74) is 1.38. The Bertz CT molecular complexity index is 700. The third kappa shape index (κ3) is 2.60. The topological polar surface area (TPSA) is 60.7 Å². The minimum atomic E-state index is -0.448. The van der Waals surface area contributed by atoms with Crippen LogP contribution < -0.4 is 5.32 Å². The number of rotatable bonds is 2.